The standard InChI is InChI=1S/C11H10ClN3O/c12-7-1-2-9-6(3-4-16-9)11(7)8-5-10(13)15-14-8/h1-2,5H,3-4H2,(H3,13,14,15). The molecule has 4 nitrogen and oxygen atoms in total. The number of nitrogen functional groups attached to an aromatic ring is 1. The van der Waals surface area contributed by atoms with Crippen LogP contribution in [0.15, 0.2) is 18.2 Å². The zero-order valence-electron chi connectivity index (χ0n) is 8.46. The van der Waals surface area contributed by atoms with Crippen LogP contribution in [0.1, 0.15) is 5.56 Å². The summed E-state index contributed by atoms with van der Waals surface area (Å²) >= 11 is 6.21. The smallest absolute Gasteiger partial charge is 0.145 e. The molecule has 1 aromatic heterocycles. The second-order valence-electron chi connectivity index (χ2n) is 3.70. The van der Waals surface area contributed by atoms with Crippen molar-refractivity contribution in [3.63, 3.8) is 0 Å². The Bertz CT molecular complexity index is 550. The quantitative estimate of drug-likeness (QED) is 0.797. The lowest BCUT2D eigenvalue weighted by Crippen LogP contribution is -1.88. The molecule has 2 heterocycles. The van der Waals surface area contributed by atoms with Gasteiger partial charge in [0, 0.05) is 23.6 Å². The molecule has 2 aromatic rings. The van der Waals surface area contributed by atoms with Crippen molar-refractivity contribution in [2.75, 3.05) is 12.3 Å². The molecule has 3 N–H and O–H groups in total. The van der Waals surface area contributed by atoms with E-state index in [1.165, 1.54) is 0 Å². The number of hydrogen-bond donors (Lipinski definition) is 2. The van der Waals surface area contributed by atoms with Crippen molar-refractivity contribution in [3.05, 3.63) is 28.8 Å². The van der Waals surface area contributed by atoms with Crippen molar-refractivity contribution in [3.8, 4) is 17.0 Å². The molecule has 0 unspecified atom stereocenters. The Kier molecular flexibility index (Phi) is 2.04. The number of aromatic nitrogens is 2. The fourth-order valence-electron chi connectivity index (χ4n) is 2.00. The van der Waals surface area contributed by atoms with Gasteiger partial charge in [-0.2, -0.15) is 5.10 Å². The van der Waals surface area contributed by atoms with Crippen molar-refractivity contribution in [1.29, 1.82) is 0 Å². The van der Waals surface area contributed by atoms with Crippen LogP contribution < -0.4 is 10.5 Å². The summed E-state index contributed by atoms with van der Waals surface area (Å²) < 4.78 is 5.50. The molecule has 3 rings (SSSR count). The van der Waals surface area contributed by atoms with E-state index < -0.39 is 0 Å². The maximum absolute atomic E-state index is 6.21. The molecular formula is C11H10ClN3O. The van der Waals surface area contributed by atoms with Crippen LogP contribution in [0.4, 0.5) is 5.82 Å². The third kappa shape index (κ3) is 1.34. The fourth-order valence-corrected chi connectivity index (χ4v) is 2.28. The molecule has 0 fully saturated rings. The number of nitrogens with one attached hydrogen (secondary N) is 1. The van der Waals surface area contributed by atoms with Crippen LogP contribution in [0.25, 0.3) is 11.3 Å². The van der Waals surface area contributed by atoms with Gasteiger partial charge in [-0.15, -0.1) is 0 Å². The predicted octanol–water partition coefficient (Wildman–Crippen LogP) is 2.25. The van der Waals surface area contributed by atoms with Gasteiger partial charge in [-0.3, -0.25) is 5.10 Å². The molecule has 0 bridgehead atoms. The first kappa shape index (κ1) is 9.54. The van der Waals surface area contributed by atoms with Crippen LogP contribution in [0.3, 0.4) is 0 Å². The molecule has 0 aliphatic carbocycles. The largest absolute Gasteiger partial charge is 0.493 e. The van der Waals surface area contributed by atoms with Gasteiger partial charge in [0.2, 0.25) is 0 Å². The van der Waals surface area contributed by atoms with Crippen LogP contribution in [0, 0.1) is 0 Å². The third-order valence-corrected chi connectivity index (χ3v) is 3.01. The highest BCUT2D eigenvalue weighted by atomic mass is 35.5. The van der Waals surface area contributed by atoms with Gasteiger partial charge < -0.3 is 10.5 Å². The SMILES string of the molecule is Nc1cc(-c2c(Cl)ccc3c2CCO3)[nH]n1. The molecule has 0 radical (unpaired) electrons. The first-order valence-corrected chi connectivity index (χ1v) is 5.39. The number of anilines is 1. The molecule has 16 heavy (non-hydrogen) atoms. The van der Waals surface area contributed by atoms with Crippen molar-refractivity contribution >= 4 is 17.4 Å². The van der Waals surface area contributed by atoms with Gasteiger partial charge >= 0.3 is 0 Å². The van der Waals surface area contributed by atoms with Crippen molar-refractivity contribution in [1.82, 2.24) is 10.2 Å². The van der Waals surface area contributed by atoms with Crippen LogP contribution in [0.5, 0.6) is 5.75 Å². The number of halogens is 1. The summed E-state index contributed by atoms with van der Waals surface area (Å²) in [5, 5.41) is 7.48. The lowest BCUT2D eigenvalue weighted by Gasteiger charge is -2.06. The minimum absolute atomic E-state index is 0.461. The molecule has 5 heteroatoms. The fraction of sp³-hybridized carbons (Fsp3) is 0.182. The number of nitrogens with two attached hydrogens (primary N) is 1. The zero-order chi connectivity index (χ0) is 11.1. The number of benzene rings is 1. The van der Waals surface area contributed by atoms with Crippen LogP contribution in [-0.4, -0.2) is 16.8 Å². The van der Waals surface area contributed by atoms with Gasteiger partial charge in [-0.1, -0.05) is 11.6 Å². The molecule has 0 saturated carbocycles. The normalized spacial score (nSPS) is 13.6. The van der Waals surface area contributed by atoms with Gasteiger partial charge in [-0.25, -0.2) is 0 Å². The third-order valence-electron chi connectivity index (χ3n) is 2.70. The molecule has 0 saturated heterocycles. The highest BCUT2D eigenvalue weighted by molar-refractivity contribution is 6.33. The van der Waals surface area contributed by atoms with E-state index in [0.717, 1.165) is 29.0 Å². The number of aromatic amines is 1. The van der Waals surface area contributed by atoms with E-state index in [1.54, 1.807) is 6.07 Å². The molecular weight excluding hydrogens is 226 g/mol. The molecule has 82 valence electrons. The Hall–Kier alpha value is -1.68. The minimum atomic E-state index is 0.461. The van der Waals surface area contributed by atoms with Crippen molar-refractivity contribution < 1.29 is 4.74 Å². The van der Waals surface area contributed by atoms with Gasteiger partial charge in [0.25, 0.3) is 0 Å². The van der Waals surface area contributed by atoms with E-state index in [4.69, 9.17) is 22.1 Å². The number of nitrogens with zero attached hydrogens (tertiary/aromatic N) is 1. The second kappa shape index (κ2) is 3.42. The monoisotopic (exact) mass is 235 g/mol. The summed E-state index contributed by atoms with van der Waals surface area (Å²) in [6.45, 7) is 0.701. The summed E-state index contributed by atoms with van der Waals surface area (Å²) in [6, 6.07) is 5.51. The summed E-state index contributed by atoms with van der Waals surface area (Å²) in [6.07, 6.45) is 0.865. The van der Waals surface area contributed by atoms with Crippen LogP contribution >= 0.6 is 11.6 Å². The predicted molar refractivity (Wildman–Crippen MR) is 62.6 cm³/mol. The summed E-state index contributed by atoms with van der Waals surface area (Å²) in [5.74, 6) is 1.36. The Balaban J connectivity index is 2.23. The maximum atomic E-state index is 6.21. The van der Waals surface area contributed by atoms with Crippen molar-refractivity contribution in [2.24, 2.45) is 0 Å². The van der Waals surface area contributed by atoms with Gasteiger partial charge in [-0.05, 0) is 12.1 Å². The maximum Gasteiger partial charge on any atom is 0.145 e. The van der Waals surface area contributed by atoms with E-state index in [2.05, 4.69) is 10.2 Å². The zero-order valence-corrected chi connectivity index (χ0v) is 9.21. The molecule has 1 aliphatic rings. The average molecular weight is 236 g/mol. The lowest BCUT2D eigenvalue weighted by atomic mass is 10.0. The number of rotatable bonds is 1. The molecule has 1 aromatic carbocycles. The van der Waals surface area contributed by atoms with Gasteiger partial charge in [0.1, 0.15) is 11.6 Å². The Morgan fingerprint density at radius 2 is 2.31 bits per heavy atom. The first-order chi connectivity index (χ1) is 7.75. The number of ether oxygens (including phenoxy) is 1. The minimum Gasteiger partial charge on any atom is -0.493 e. The Labute approximate surface area is 97.4 Å². The van der Waals surface area contributed by atoms with Gasteiger partial charge in [0.05, 0.1) is 17.3 Å². The van der Waals surface area contributed by atoms with Gasteiger partial charge in [0.15, 0.2) is 0 Å². The van der Waals surface area contributed by atoms with E-state index in [9.17, 15) is 0 Å². The summed E-state index contributed by atoms with van der Waals surface area (Å²) in [7, 11) is 0. The second-order valence-corrected chi connectivity index (χ2v) is 4.11. The number of H-pyrrole nitrogens is 1. The van der Waals surface area contributed by atoms with E-state index in [-0.39, 0.29) is 0 Å². The molecule has 0 amide bonds. The first-order valence-electron chi connectivity index (χ1n) is 5.01. The van der Waals surface area contributed by atoms with E-state index in [0.29, 0.717) is 17.4 Å². The number of fused-ring (bicyclic) bond motifs is 1. The highest BCUT2D eigenvalue weighted by Crippen LogP contribution is 2.39. The Morgan fingerprint density at radius 1 is 1.44 bits per heavy atom. The van der Waals surface area contributed by atoms with E-state index >= 15 is 0 Å². The molecule has 1 aliphatic heterocycles. The highest BCUT2D eigenvalue weighted by Gasteiger charge is 2.20. The Morgan fingerprint density at radius 3 is 3.06 bits per heavy atom. The van der Waals surface area contributed by atoms with Crippen molar-refractivity contribution in [2.45, 2.75) is 6.42 Å². The summed E-state index contributed by atoms with van der Waals surface area (Å²) in [4.78, 5) is 0. The summed E-state index contributed by atoms with van der Waals surface area (Å²) in [5.41, 5.74) is 8.50. The van der Waals surface area contributed by atoms with Crippen LogP contribution in [0.2, 0.25) is 5.02 Å². The molecule has 0 atom stereocenters. The van der Waals surface area contributed by atoms with E-state index in [1.807, 2.05) is 12.1 Å². The number of hydrogen-bond acceptors (Lipinski definition) is 3. The average Bonchev–Trinajstić information content (AvgIpc) is 2.86. The molecule has 0 spiro atoms. The van der Waals surface area contributed by atoms with Crippen LogP contribution in [-0.2, 0) is 6.42 Å². The topological polar surface area (TPSA) is 63.9 Å². The lowest BCUT2D eigenvalue weighted by molar-refractivity contribution is 0.357.